The zero-order valence-electron chi connectivity index (χ0n) is 12.6. The van der Waals surface area contributed by atoms with Crippen LogP contribution in [-0.4, -0.2) is 24.6 Å². The fourth-order valence-electron chi connectivity index (χ4n) is 2.71. The predicted molar refractivity (Wildman–Crippen MR) is 81.6 cm³/mol. The molecule has 0 radical (unpaired) electrons. The van der Waals surface area contributed by atoms with E-state index < -0.39 is 0 Å². The number of hydrogen-bond acceptors (Lipinski definition) is 3. The summed E-state index contributed by atoms with van der Waals surface area (Å²) in [5, 5.41) is 3.44. The molecule has 0 amide bonds. The van der Waals surface area contributed by atoms with Gasteiger partial charge in [0.1, 0.15) is 5.82 Å². The third-order valence-corrected chi connectivity index (χ3v) is 4.11. The van der Waals surface area contributed by atoms with E-state index in [-0.39, 0.29) is 0 Å². The number of aromatic nitrogens is 1. The summed E-state index contributed by atoms with van der Waals surface area (Å²) in [5.74, 6) is 2.01. The van der Waals surface area contributed by atoms with Gasteiger partial charge in [0.2, 0.25) is 0 Å². The van der Waals surface area contributed by atoms with Gasteiger partial charge in [0, 0.05) is 25.3 Å². The van der Waals surface area contributed by atoms with Gasteiger partial charge in [-0.3, -0.25) is 0 Å². The molecule has 0 aromatic carbocycles. The lowest BCUT2D eigenvalue weighted by Gasteiger charge is -2.19. The van der Waals surface area contributed by atoms with Crippen LogP contribution in [0.5, 0.6) is 0 Å². The molecule has 19 heavy (non-hydrogen) atoms. The Hall–Kier alpha value is -1.09. The lowest BCUT2D eigenvalue weighted by Crippen LogP contribution is -2.21. The molecule has 0 spiro atoms. The van der Waals surface area contributed by atoms with Crippen molar-refractivity contribution in [1.82, 2.24) is 10.3 Å². The van der Waals surface area contributed by atoms with Crippen LogP contribution in [0.15, 0.2) is 12.1 Å². The van der Waals surface area contributed by atoms with Crippen molar-refractivity contribution in [3.63, 3.8) is 0 Å². The number of hydrogen-bond donors (Lipinski definition) is 1. The smallest absolute Gasteiger partial charge is 0.128 e. The largest absolute Gasteiger partial charge is 0.356 e. The molecule has 1 aromatic rings. The van der Waals surface area contributed by atoms with Crippen LogP contribution >= 0.6 is 0 Å². The molecule has 2 rings (SSSR count). The summed E-state index contributed by atoms with van der Waals surface area (Å²) in [6.45, 7) is 11.0. The normalized spacial score (nSPS) is 19.1. The van der Waals surface area contributed by atoms with Crippen molar-refractivity contribution < 1.29 is 0 Å². The van der Waals surface area contributed by atoms with Crippen molar-refractivity contribution in [3.8, 4) is 0 Å². The Morgan fingerprint density at radius 1 is 1.37 bits per heavy atom. The minimum absolute atomic E-state index is 0.855. The molecule has 1 fully saturated rings. The van der Waals surface area contributed by atoms with Crippen molar-refractivity contribution >= 4 is 5.82 Å². The topological polar surface area (TPSA) is 28.2 Å². The van der Waals surface area contributed by atoms with E-state index >= 15 is 0 Å². The molecule has 1 N–H and O–H groups in total. The summed E-state index contributed by atoms with van der Waals surface area (Å²) in [7, 11) is 0. The van der Waals surface area contributed by atoms with Crippen LogP contribution in [0, 0.1) is 12.8 Å². The molecule has 3 heteroatoms. The number of aryl methyl sites for hydroxylation is 1. The maximum absolute atomic E-state index is 4.79. The number of anilines is 1. The van der Waals surface area contributed by atoms with Crippen molar-refractivity contribution in [2.45, 2.75) is 46.6 Å². The minimum atomic E-state index is 0.855. The van der Waals surface area contributed by atoms with Crippen molar-refractivity contribution in [1.29, 1.82) is 0 Å². The molecule has 2 heterocycles. The number of nitrogens with zero attached hydrogens (tertiary/aromatic N) is 2. The Kier molecular flexibility index (Phi) is 5.20. The lowest BCUT2D eigenvalue weighted by atomic mass is 10.1. The molecule has 1 aliphatic rings. The van der Waals surface area contributed by atoms with Gasteiger partial charge < -0.3 is 10.2 Å². The van der Waals surface area contributed by atoms with Crippen LogP contribution < -0.4 is 10.2 Å². The average Bonchev–Trinajstić information content (AvgIpc) is 2.89. The molecular weight excluding hydrogens is 234 g/mol. The van der Waals surface area contributed by atoms with E-state index in [0.717, 1.165) is 24.8 Å². The van der Waals surface area contributed by atoms with Crippen LogP contribution in [0.25, 0.3) is 0 Å². The van der Waals surface area contributed by atoms with E-state index in [1.54, 1.807) is 0 Å². The monoisotopic (exact) mass is 261 g/mol. The first kappa shape index (κ1) is 14.3. The third kappa shape index (κ3) is 3.69. The quantitative estimate of drug-likeness (QED) is 0.797. The molecule has 3 nitrogen and oxygen atoms in total. The van der Waals surface area contributed by atoms with Gasteiger partial charge in [-0.05, 0) is 43.9 Å². The van der Waals surface area contributed by atoms with Gasteiger partial charge in [0.25, 0.3) is 0 Å². The van der Waals surface area contributed by atoms with Gasteiger partial charge in [0.05, 0.1) is 0 Å². The predicted octanol–water partition coefficient (Wildman–Crippen LogP) is 3.13. The maximum Gasteiger partial charge on any atom is 0.128 e. The first-order valence-electron chi connectivity index (χ1n) is 7.66. The molecule has 1 unspecified atom stereocenters. The van der Waals surface area contributed by atoms with Crippen LogP contribution in [0.1, 0.15) is 44.4 Å². The molecular formula is C16H27N3. The van der Waals surface area contributed by atoms with E-state index in [9.17, 15) is 0 Å². The zero-order valence-corrected chi connectivity index (χ0v) is 12.6. The van der Waals surface area contributed by atoms with Crippen LogP contribution in [0.2, 0.25) is 0 Å². The third-order valence-electron chi connectivity index (χ3n) is 4.11. The van der Waals surface area contributed by atoms with Gasteiger partial charge >= 0.3 is 0 Å². The van der Waals surface area contributed by atoms with Gasteiger partial charge in [0.15, 0.2) is 0 Å². The molecule has 0 bridgehead atoms. The van der Waals surface area contributed by atoms with Gasteiger partial charge in [-0.15, -0.1) is 0 Å². The van der Waals surface area contributed by atoms with Crippen LogP contribution in [0.3, 0.4) is 0 Å². The molecule has 1 saturated heterocycles. The summed E-state index contributed by atoms with van der Waals surface area (Å²) < 4.78 is 0. The fourth-order valence-corrected chi connectivity index (χ4v) is 2.71. The Morgan fingerprint density at radius 2 is 2.21 bits per heavy atom. The maximum atomic E-state index is 4.79. The second kappa shape index (κ2) is 6.90. The molecule has 0 saturated carbocycles. The highest BCUT2D eigenvalue weighted by Gasteiger charge is 2.22. The molecule has 106 valence electrons. The fraction of sp³-hybridized carbons (Fsp3) is 0.688. The Morgan fingerprint density at radius 3 is 2.84 bits per heavy atom. The lowest BCUT2D eigenvalue weighted by molar-refractivity contribution is 0.568. The average molecular weight is 261 g/mol. The van der Waals surface area contributed by atoms with Gasteiger partial charge in [-0.25, -0.2) is 4.98 Å². The first-order valence-corrected chi connectivity index (χ1v) is 7.66. The second-order valence-electron chi connectivity index (χ2n) is 5.60. The summed E-state index contributed by atoms with van der Waals surface area (Å²) in [6, 6.07) is 4.42. The van der Waals surface area contributed by atoms with Crippen LogP contribution in [-0.2, 0) is 6.54 Å². The van der Waals surface area contributed by atoms with Crippen molar-refractivity contribution in [3.05, 3.63) is 23.4 Å². The van der Waals surface area contributed by atoms with Crippen molar-refractivity contribution in [2.24, 2.45) is 5.92 Å². The highest BCUT2D eigenvalue weighted by atomic mass is 15.2. The zero-order chi connectivity index (χ0) is 13.7. The Labute approximate surface area is 117 Å². The van der Waals surface area contributed by atoms with Gasteiger partial charge in [-0.1, -0.05) is 26.3 Å². The summed E-state index contributed by atoms with van der Waals surface area (Å²) in [5.41, 5.74) is 2.49. The highest BCUT2D eigenvalue weighted by Crippen LogP contribution is 2.24. The summed E-state index contributed by atoms with van der Waals surface area (Å²) in [6.07, 6.45) is 3.78. The van der Waals surface area contributed by atoms with E-state index in [4.69, 9.17) is 4.98 Å². The number of pyridine rings is 1. The first-order chi connectivity index (χ1) is 9.24. The van der Waals surface area contributed by atoms with Crippen LogP contribution in [0.4, 0.5) is 5.82 Å². The Balaban J connectivity index is 1.98. The summed E-state index contributed by atoms with van der Waals surface area (Å²) >= 11 is 0. The number of nitrogens with one attached hydrogen (secondary N) is 1. The summed E-state index contributed by atoms with van der Waals surface area (Å²) in [4.78, 5) is 7.22. The van der Waals surface area contributed by atoms with Gasteiger partial charge in [-0.2, -0.15) is 0 Å². The molecule has 1 aliphatic heterocycles. The van der Waals surface area contributed by atoms with E-state index in [2.05, 4.69) is 43.1 Å². The second-order valence-corrected chi connectivity index (χ2v) is 5.60. The van der Waals surface area contributed by atoms with E-state index in [1.165, 1.54) is 43.6 Å². The molecule has 1 aromatic heterocycles. The number of rotatable bonds is 6. The highest BCUT2D eigenvalue weighted by molar-refractivity contribution is 5.42. The van der Waals surface area contributed by atoms with E-state index in [0.29, 0.717) is 0 Å². The van der Waals surface area contributed by atoms with E-state index in [1.807, 2.05) is 0 Å². The standard InChI is InChI=1S/C16H27N3/c1-4-9-17-11-15-6-7-16(18-13(15)3)19-10-8-14(5-2)12-19/h6-7,14,17H,4-5,8-12H2,1-3H3. The Bertz CT molecular complexity index is 403. The van der Waals surface area contributed by atoms with Crippen molar-refractivity contribution in [2.75, 3.05) is 24.5 Å². The molecule has 1 atom stereocenters. The minimum Gasteiger partial charge on any atom is -0.356 e. The SMILES string of the molecule is CCCNCc1ccc(N2CCC(CC)C2)nc1C. The molecule has 0 aliphatic carbocycles.